The lowest BCUT2D eigenvalue weighted by Crippen LogP contribution is -2.22. The summed E-state index contributed by atoms with van der Waals surface area (Å²) in [6, 6.07) is 1.55. The maximum absolute atomic E-state index is 10.9. The largest absolute Gasteiger partial charge is 0.366 e. The van der Waals surface area contributed by atoms with Crippen LogP contribution in [0.4, 0.5) is 11.5 Å². The predicted molar refractivity (Wildman–Crippen MR) is 70.9 cm³/mol. The van der Waals surface area contributed by atoms with E-state index >= 15 is 0 Å². The van der Waals surface area contributed by atoms with Gasteiger partial charge in [-0.2, -0.15) is 0 Å². The molecule has 2 aromatic rings. The number of anilines is 1. The summed E-state index contributed by atoms with van der Waals surface area (Å²) in [5.41, 5.74) is 0.630. The van der Waals surface area contributed by atoms with Crippen molar-refractivity contribution < 1.29 is 4.92 Å². The van der Waals surface area contributed by atoms with Crippen molar-refractivity contribution in [2.24, 2.45) is 0 Å². The van der Waals surface area contributed by atoms with E-state index < -0.39 is 4.92 Å². The van der Waals surface area contributed by atoms with Crippen molar-refractivity contribution in [2.75, 3.05) is 5.32 Å². The van der Waals surface area contributed by atoms with Crippen LogP contribution in [0.25, 0.3) is 0 Å². The fourth-order valence-corrected chi connectivity index (χ4v) is 1.80. The lowest BCUT2D eigenvalue weighted by Gasteiger charge is -2.15. The number of aryl methyl sites for hydroxylation is 1. The minimum atomic E-state index is -0.400. The molecule has 1 atom stereocenters. The molecule has 2 rings (SSSR count). The maximum Gasteiger partial charge on any atom is 0.277 e. The SMILES string of the molecule is Cc1cnc(NC(C)Cn2ccnc2)cc1[N+](=O)[O-]. The van der Waals surface area contributed by atoms with Crippen LogP contribution >= 0.6 is 0 Å². The lowest BCUT2D eigenvalue weighted by molar-refractivity contribution is -0.385. The van der Waals surface area contributed by atoms with Gasteiger partial charge in [0.25, 0.3) is 5.69 Å². The number of hydrogen-bond acceptors (Lipinski definition) is 5. The van der Waals surface area contributed by atoms with E-state index in [0.29, 0.717) is 17.9 Å². The molecule has 0 aromatic carbocycles. The Labute approximate surface area is 110 Å². The number of nitrogens with one attached hydrogen (secondary N) is 1. The van der Waals surface area contributed by atoms with Gasteiger partial charge in [0.1, 0.15) is 5.82 Å². The number of hydrogen-bond donors (Lipinski definition) is 1. The van der Waals surface area contributed by atoms with Gasteiger partial charge in [-0.3, -0.25) is 10.1 Å². The summed E-state index contributed by atoms with van der Waals surface area (Å²) in [6.45, 7) is 4.36. The highest BCUT2D eigenvalue weighted by Crippen LogP contribution is 2.20. The number of imidazole rings is 1. The van der Waals surface area contributed by atoms with Gasteiger partial charge < -0.3 is 9.88 Å². The molecule has 0 spiro atoms. The van der Waals surface area contributed by atoms with Crippen molar-refractivity contribution in [3.8, 4) is 0 Å². The average Bonchev–Trinajstić information content (AvgIpc) is 2.84. The Hall–Kier alpha value is -2.44. The van der Waals surface area contributed by atoms with Crippen LogP contribution in [0, 0.1) is 17.0 Å². The normalized spacial score (nSPS) is 12.1. The van der Waals surface area contributed by atoms with E-state index in [1.54, 1.807) is 19.4 Å². The fourth-order valence-electron chi connectivity index (χ4n) is 1.80. The van der Waals surface area contributed by atoms with Crippen molar-refractivity contribution in [1.29, 1.82) is 0 Å². The molecule has 0 saturated heterocycles. The fraction of sp³-hybridized carbons (Fsp3) is 0.333. The van der Waals surface area contributed by atoms with Crippen LogP contribution in [0.1, 0.15) is 12.5 Å². The average molecular weight is 261 g/mol. The van der Waals surface area contributed by atoms with Crippen molar-refractivity contribution in [3.05, 3.63) is 46.7 Å². The van der Waals surface area contributed by atoms with Gasteiger partial charge in [0.15, 0.2) is 0 Å². The molecule has 0 aliphatic rings. The predicted octanol–water partition coefficient (Wildman–Crippen LogP) is 2.00. The first-order valence-corrected chi connectivity index (χ1v) is 5.89. The van der Waals surface area contributed by atoms with Crippen LogP contribution in [-0.4, -0.2) is 25.5 Å². The topological polar surface area (TPSA) is 85.9 Å². The lowest BCUT2D eigenvalue weighted by atomic mass is 10.2. The molecule has 19 heavy (non-hydrogen) atoms. The van der Waals surface area contributed by atoms with Crippen LogP contribution in [0.2, 0.25) is 0 Å². The molecule has 0 radical (unpaired) electrons. The summed E-state index contributed by atoms with van der Waals surface area (Å²) in [4.78, 5) is 18.6. The second kappa shape index (κ2) is 5.47. The van der Waals surface area contributed by atoms with Gasteiger partial charge in [-0.15, -0.1) is 0 Å². The number of rotatable bonds is 5. The Kier molecular flexibility index (Phi) is 3.74. The molecular weight excluding hydrogens is 246 g/mol. The minimum Gasteiger partial charge on any atom is -0.366 e. The minimum absolute atomic E-state index is 0.0762. The van der Waals surface area contributed by atoms with Gasteiger partial charge in [0.05, 0.1) is 17.3 Å². The maximum atomic E-state index is 10.9. The van der Waals surface area contributed by atoms with Gasteiger partial charge in [0, 0.05) is 36.7 Å². The molecular formula is C12H15N5O2. The summed E-state index contributed by atoms with van der Waals surface area (Å²) < 4.78 is 1.93. The first-order valence-electron chi connectivity index (χ1n) is 5.89. The monoisotopic (exact) mass is 261 g/mol. The zero-order valence-electron chi connectivity index (χ0n) is 10.8. The highest BCUT2D eigenvalue weighted by atomic mass is 16.6. The third-order valence-electron chi connectivity index (χ3n) is 2.71. The van der Waals surface area contributed by atoms with E-state index in [2.05, 4.69) is 15.3 Å². The zero-order valence-corrected chi connectivity index (χ0v) is 10.8. The zero-order chi connectivity index (χ0) is 13.8. The van der Waals surface area contributed by atoms with E-state index in [1.165, 1.54) is 12.3 Å². The first kappa shape index (κ1) is 13.0. The summed E-state index contributed by atoms with van der Waals surface area (Å²) in [7, 11) is 0. The molecule has 2 aromatic heterocycles. The first-order chi connectivity index (χ1) is 9.06. The quantitative estimate of drug-likeness (QED) is 0.657. The highest BCUT2D eigenvalue weighted by molar-refractivity contribution is 5.49. The van der Waals surface area contributed by atoms with E-state index in [0.717, 1.165) is 0 Å². The summed E-state index contributed by atoms with van der Waals surface area (Å²) in [5.74, 6) is 0.505. The van der Waals surface area contributed by atoms with Crippen LogP contribution in [-0.2, 0) is 6.54 Å². The van der Waals surface area contributed by atoms with Crippen molar-refractivity contribution in [2.45, 2.75) is 26.4 Å². The molecule has 7 nitrogen and oxygen atoms in total. The van der Waals surface area contributed by atoms with Crippen molar-refractivity contribution in [3.63, 3.8) is 0 Å². The molecule has 2 heterocycles. The van der Waals surface area contributed by atoms with E-state index in [9.17, 15) is 10.1 Å². The van der Waals surface area contributed by atoms with Crippen LogP contribution < -0.4 is 5.32 Å². The molecule has 7 heteroatoms. The second-order valence-electron chi connectivity index (χ2n) is 4.42. The number of nitro groups is 1. The Balaban J connectivity index is 2.06. The van der Waals surface area contributed by atoms with E-state index in [4.69, 9.17) is 0 Å². The summed E-state index contributed by atoms with van der Waals surface area (Å²) in [6.07, 6.45) is 6.80. The third kappa shape index (κ3) is 3.27. The Morgan fingerprint density at radius 3 is 3.00 bits per heavy atom. The number of nitrogens with zero attached hydrogens (tertiary/aromatic N) is 4. The molecule has 0 aliphatic carbocycles. The smallest absolute Gasteiger partial charge is 0.277 e. The molecule has 0 saturated carbocycles. The molecule has 0 bridgehead atoms. The molecule has 1 N–H and O–H groups in total. The standard InChI is InChI=1S/C12H15N5O2/c1-9-6-14-12(5-11(9)17(18)19)15-10(2)7-16-4-3-13-8-16/h3-6,8,10H,7H2,1-2H3,(H,14,15). The van der Waals surface area contributed by atoms with E-state index in [1.807, 2.05) is 17.7 Å². The Bertz CT molecular complexity index is 568. The second-order valence-corrected chi connectivity index (χ2v) is 4.42. The van der Waals surface area contributed by atoms with Crippen molar-refractivity contribution in [1.82, 2.24) is 14.5 Å². The molecule has 0 fully saturated rings. The Morgan fingerprint density at radius 2 is 2.37 bits per heavy atom. The number of pyridine rings is 1. The van der Waals surface area contributed by atoms with Crippen molar-refractivity contribution >= 4 is 11.5 Å². The van der Waals surface area contributed by atoms with Gasteiger partial charge in [-0.05, 0) is 13.8 Å². The Morgan fingerprint density at radius 1 is 1.58 bits per heavy atom. The van der Waals surface area contributed by atoms with Gasteiger partial charge >= 0.3 is 0 Å². The molecule has 100 valence electrons. The van der Waals surface area contributed by atoms with Crippen LogP contribution in [0.3, 0.4) is 0 Å². The summed E-state index contributed by atoms with van der Waals surface area (Å²) in [5, 5.41) is 14.0. The van der Waals surface area contributed by atoms with Crippen LogP contribution in [0.5, 0.6) is 0 Å². The third-order valence-corrected chi connectivity index (χ3v) is 2.71. The van der Waals surface area contributed by atoms with Gasteiger partial charge in [-0.25, -0.2) is 9.97 Å². The molecule has 0 aliphatic heterocycles. The van der Waals surface area contributed by atoms with E-state index in [-0.39, 0.29) is 11.7 Å². The molecule has 0 amide bonds. The van der Waals surface area contributed by atoms with Gasteiger partial charge in [-0.1, -0.05) is 0 Å². The van der Waals surface area contributed by atoms with Crippen LogP contribution in [0.15, 0.2) is 31.0 Å². The summed E-state index contributed by atoms with van der Waals surface area (Å²) >= 11 is 0. The molecule has 1 unspecified atom stereocenters. The highest BCUT2D eigenvalue weighted by Gasteiger charge is 2.13. The number of aromatic nitrogens is 3. The van der Waals surface area contributed by atoms with Gasteiger partial charge in [0.2, 0.25) is 0 Å².